The first kappa shape index (κ1) is 37.6. The number of aromatic nitrogens is 4. The molecule has 0 bridgehead atoms. The molecule has 292 valence electrons. The van der Waals surface area contributed by atoms with E-state index < -0.39 is 18.2 Å². The molecule has 4 atom stereocenters. The molecule has 2 aliphatic rings. The average Bonchev–Trinajstić information content (AvgIpc) is 4.03. The smallest absolute Gasteiger partial charge is 0.407 e. The monoisotopic (exact) mass is 766 g/mol. The van der Waals surface area contributed by atoms with Crippen molar-refractivity contribution < 1.29 is 19.1 Å². The maximum absolute atomic E-state index is 13.6. The third-order valence-electron chi connectivity index (χ3n) is 11.3. The van der Waals surface area contributed by atoms with Crippen molar-refractivity contribution in [1.82, 2.24) is 35.1 Å². The highest BCUT2D eigenvalue weighted by Crippen LogP contribution is 2.35. The number of fused-ring (bicyclic) bond motifs is 2. The molecule has 2 aromatic heterocycles. The summed E-state index contributed by atoms with van der Waals surface area (Å²) in [6.07, 6.45) is 4.24. The molecule has 8 rings (SSSR count). The molecule has 3 amide bonds. The van der Waals surface area contributed by atoms with E-state index >= 15 is 0 Å². The number of nitrogens with two attached hydrogens (primary N) is 1. The molecule has 4 heterocycles. The molecule has 57 heavy (non-hydrogen) atoms. The Morgan fingerprint density at radius 3 is 2.14 bits per heavy atom. The highest BCUT2D eigenvalue weighted by molar-refractivity contribution is 5.92. The van der Waals surface area contributed by atoms with E-state index in [0.29, 0.717) is 42.1 Å². The molecule has 13 heteroatoms. The van der Waals surface area contributed by atoms with Gasteiger partial charge >= 0.3 is 6.09 Å². The fraction of sp³-hybridized carbons (Fsp3) is 0.318. The summed E-state index contributed by atoms with van der Waals surface area (Å²) in [6.45, 7) is 4.92. The lowest BCUT2D eigenvalue weighted by Gasteiger charge is -2.30. The molecule has 5 N–H and O–H groups in total. The van der Waals surface area contributed by atoms with E-state index in [-0.39, 0.29) is 35.4 Å². The number of ether oxygens (including phenoxy) is 1. The van der Waals surface area contributed by atoms with Gasteiger partial charge in [-0.15, -0.1) is 0 Å². The van der Waals surface area contributed by atoms with Crippen molar-refractivity contribution in [3.63, 3.8) is 0 Å². The SMILES string of the molecule is COC(=O)N[C@H](C(=O)N1CCC[C@H]1c1ncc(-c2ccc3cc(-c4ccc5c(=O)[nH]c([C@@H]6CCCN6C(=O)[C@H](N)c6ccccc6)nc5c4)ccc3c2)[nH]1)C(C)C. The van der Waals surface area contributed by atoms with Crippen molar-refractivity contribution in [3.8, 4) is 22.4 Å². The van der Waals surface area contributed by atoms with Crippen LogP contribution in [0.5, 0.6) is 0 Å². The van der Waals surface area contributed by atoms with Crippen LogP contribution in [0.4, 0.5) is 4.79 Å². The van der Waals surface area contributed by atoms with E-state index in [1.165, 1.54) is 7.11 Å². The summed E-state index contributed by atoms with van der Waals surface area (Å²) in [6, 6.07) is 25.3. The number of carbonyl (C=O) groups is 3. The molecule has 0 radical (unpaired) electrons. The summed E-state index contributed by atoms with van der Waals surface area (Å²) >= 11 is 0. The minimum absolute atomic E-state index is 0.116. The van der Waals surface area contributed by atoms with Crippen molar-refractivity contribution in [2.24, 2.45) is 11.7 Å². The summed E-state index contributed by atoms with van der Waals surface area (Å²) < 4.78 is 4.76. The number of H-pyrrole nitrogens is 2. The Morgan fingerprint density at radius 2 is 1.44 bits per heavy atom. The molecule has 13 nitrogen and oxygen atoms in total. The molecule has 0 aliphatic carbocycles. The Morgan fingerprint density at radius 1 is 0.807 bits per heavy atom. The zero-order chi connectivity index (χ0) is 39.8. The minimum Gasteiger partial charge on any atom is -0.453 e. The predicted molar refractivity (Wildman–Crippen MR) is 218 cm³/mol. The summed E-state index contributed by atoms with van der Waals surface area (Å²) in [5.41, 5.74) is 11.1. The number of aromatic amines is 2. The van der Waals surface area contributed by atoms with Crippen LogP contribution in [-0.2, 0) is 14.3 Å². The van der Waals surface area contributed by atoms with E-state index in [1.54, 1.807) is 22.1 Å². The maximum atomic E-state index is 13.6. The summed E-state index contributed by atoms with van der Waals surface area (Å²) in [5.74, 6) is 0.720. The van der Waals surface area contributed by atoms with Gasteiger partial charge in [-0.1, -0.05) is 74.5 Å². The Kier molecular flexibility index (Phi) is 10.3. The minimum atomic E-state index is -0.798. The first-order chi connectivity index (χ1) is 27.6. The lowest BCUT2D eigenvalue weighted by atomic mass is 9.98. The molecule has 0 spiro atoms. The second-order valence-corrected chi connectivity index (χ2v) is 15.3. The van der Waals surface area contributed by atoms with Crippen LogP contribution in [-0.4, -0.2) is 73.9 Å². The van der Waals surface area contributed by atoms with E-state index in [9.17, 15) is 19.2 Å². The van der Waals surface area contributed by atoms with Gasteiger partial charge in [-0.05, 0) is 83.3 Å². The Labute approximate surface area is 329 Å². The van der Waals surface area contributed by atoms with E-state index in [2.05, 4.69) is 45.6 Å². The van der Waals surface area contributed by atoms with Gasteiger partial charge in [0.1, 0.15) is 23.7 Å². The van der Waals surface area contributed by atoms with Crippen LogP contribution in [0.1, 0.15) is 74.9 Å². The standard InChI is InChI=1S/C44H46N8O5/c1-25(2)38(49-44(56)57-3)43(55)52-20-7-11-35(52)39-46-24-34(48-39)31-16-15-27-21-28(13-14-29(27)22-31)30-17-18-32-33(23-30)47-40(50-41(32)53)36-12-8-19-51(36)42(54)37(45)26-9-5-4-6-10-26/h4-6,9-10,13-18,21-25,35-38H,7-8,11-12,19-20,45H2,1-3H3,(H,46,48)(H,49,56)(H,47,50,53)/t35-,36-,37+,38-/m0/s1. The lowest BCUT2D eigenvalue weighted by Crippen LogP contribution is -2.51. The second kappa shape index (κ2) is 15.7. The third kappa shape index (κ3) is 7.38. The number of imidazole rings is 1. The van der Waals surface area contributed by atoms with Crippen LogP contribution in [0.3, 0.4) is 0 Å². The van der Waals surface area contributed by atoms with Crippen LogP contribution in [0.2, 0.25) is 0 Å². The topological polar surface area (TPSA) is 179 Å². The van der Waals surface area contributed by atoms with Gasteiger partial charge in [0.15, 0.2) is 0 Å². The van der Waals surface area contributed by atoms with Crippen LogP contribution in [0, 0.1) is 5.92 Å². The van der Waals surface area contributed by atoms with Gasteiger partial charge in [0.2, 0.25) is 11.8 Å². The van der Waals surface area contributed by atoms with Crippen LogP contribution in [0.15, 0.2) is 95.9 Å². The Bertz CT molecular complexity index is 2530. The number of alkyl carbamates (subject to hydrolysis) is 1. The second-order valence-electron chi connectivity index (χ2n) is 15.3. The molecule has 6 aromatic rings. The quantitative estimate of drug-likeness (QED) is 0.128. The first-order valence-corrected chi connectivity index (χ1v) is 19.5. The van der Waals surface area contributed by atoms with Gasteiger partial charge < -0.3 is 35.6 Å². The van der Waals surface area contributed by atoms with Crippen molar-refractivity contribution in [2.45, 2.75) is 63.7 Å². The van der Waals surface area contributed by atoms with Gasteiger partial charge in [0.05, 0.1) is 42.0 Å². The van der Waals surface area contributed by atoms with Crippen molar-refractivity contribution in [2.75, 3.05) is 20.2 Å². The van der Waals surface area contributed by atoms with Gasteiger partial charge in [0.25, 0.3) is 5.56 Å². The molecule has 2 saturated heterocycles. The van der Waals surface area contributed by atoms with Gasteiger partial charge in [-0.3, -0.25) is 14.4 Å². The van der Waals surface area contributed by atoms with E-state index in [1.807, 2.05) is 62.4 Å². The highest BCUT2D eigenvalue weighted by Gasteiger charge is 2.38. The zero-order valence-corrected chi connectivity index (χ0v) is 32.2. The van der Waals surface area contributed by atoms with E-state index in [4.69, 9.17) is 20.4 Å². The molecular formula is C44H46N8O5. The Balaban J connectivity index is 1.01. The number of benzene rings is 4. The zero-order valence-electron chi connectivity index (χ0n) is 32.2. The average molecular weight is 767 g/mol. The van der Waals surface area contributed by atoms with Crippen LogP contribution < -0.4 is 16.6 Å². The summed E-state index contributed by atoms with van der Waals surface area (Å²) in [5, 5.41) is 5.25. The van der Waals surface area contributed by atoms with E-state index in [0.717, 1.165) is 58.0 Å². The number of methoxy groups -OCH3 is 1. The molecule has 0 saturated carbocycles. The highest BCUT2D eigenvalue weighted by atomic mass is 16.5. The normalized spacial score (nSPS) is 18.0. The molecule has 2 fully saturated rings. The molecule has 4 aromatic carbocycles. The molecule has 0 unspecified atom stereocenters. The number of nitrogens with one attached hydrogen (secondary N) is 3. The largest absolute Gasteiger partial charge is 0.453 e. The van der Waals surface area contributed by atoms with Crippen LogP contribution in [0.25, 0.3) is 44.1 Å². The number of amides is 3. The van der Waals surface area contributed by atoms with Crippen molar-refractivity contribution >= 4 is 39.6 Å². The summed E-state index contributed by atoms with van der Waals surface area (Å²) in [4.78, 5) is 72.0. The van der Waals surface area contributed by atoms with Gasteiger partial charge in [-0.25, -0.2) is 14.8 Å². The number of likely N-dealkylation sites (tertiary alicyclic amines) is 2. The van der Waals surface area contributed by atoms with Crippen LogP contribution >= 0.6 is 0 Å². The fourth-order valence-corrected chi connectivity index (χ4v) is 8.23. The van der Waals surface area contributed by atoms with Gasteiger partial charge in [-0.2, -0.15) is 0 Å². The van der Waals surface area contributed by atoms with Crippen molar-refractivity contribution in [1.29, 1.82) is 0 Å². The lowest BCUT2D eigenvalue weighted by molar-refractivity contribution is -0.135. The number of rotatable bonds is 9. The predicted octanol–water partition coefficient (Wildman–Crippen LogP) is 6.54. The summed E-state index contributed by atoms with van der Waals surface area (Å²) in [7, 11) is 1.29. The first-order valence-electron chi connectivity index (χ1n) is 19.5. The molecule has 2 aliphatic heterocycles. The number of nitrogens with zero attached hydrogens (tertiary/aromatic N) is 4. The number of hydrogen-bond acceptors (Lipinski definition) is 8. The van der Waals surface area contributed by atoms with Crippen molar-refractivity contribution in [3.05, 3.63) is 119 Å². The molecular weight excluding hydrogens is 721 g/mol. The Hall–Kier alpha value is -6.34. The maximum Gasteiger partial charge on any atom is 0.407 e. The number of hydrogen-bond donors (Lipinski definition) is 4. The number of carbonyl (C=O) groups excluding carboxylic acids is 3. The fourth-order valence-electron chi connectivity index (χ4n) is 8.23. The van der Waals surface area contributed by atoms with Gasteiger partial charge in [0, 0.05) is 18.7 Å². The third-order valence-corrected chi connectivity index (χ3v) is 11.3.